The number of hydrogen-bond donors (Lipinski definition) is 1. The molecule has 1 unspecified atom stereocenters. The van der Waals surface area contributed by atoms with Crippen molar-refractivity contribution in [1.29, 1.82) is 0 Å². The van der Waals surface area contributed by atoms with Crippen LogP contribution in [0.1, 0.15) is 34.5 Å². The van der Waals surface area contributed by atoms with Crippen molar-refractivity contribution in [2.24, 2.45) is 0 Å². The Morgan fingerprint density at radius 3 is 2.62 bits per heavy atom. The van der Waals surface area contributed by atoms with E-state index in [0.717, 1.165) is 23.6 Å². The van der Waals surface area contributed by atoms with Gasteiger partial charge in [0.05, 0.1) is 7.11 Å². The average molecular weight is 369 g/mol. The van der Waals surface area contributed by atoms with Gasteiger partial charge in [0.15, 0.2) is 11.5 Å². The predicted octanol–water partition coefficient (Wildman–Crippen LogP) is 4.89. The topological polar surface area (TPSA) is 43.4 Å². The van der Waals surface area contributed by atoms with Crippen LogP contribution in [0, 0.1) is 6.92 Å². The molecule has 1 aromatic carbocycles. The van der Waals surface area contributed by atoms with Crippen LogP contribution >= 0.6 is 11.3 Å². The molecule has 0 aliphatic rings. The summed E-state index contributed by atoms with van der Waals surface area (Å²) in [4.78, 5) is 5.40. The molecule has 4 nitrogen and oxygen atoms in total. The molecule has 26 heavy (non-hydrogen) atoms. The molecule has 0 saturated carbocycles. The van der Waals surface area contributed by atoms with Gasteiger partial charge in [-0.3, -0.25) is 4.98 Å². The van der Waals surface area contributed by atoms with Crippen LogP contribution in [-0.4, -0.2) is 12.1 Å². The van der Waals surface area contributed by atoms with E-state index >= 15 is 0 Å². The van der Waals surface area contributed by atoms with Crippen molar-refractivity contribution in [3.8, 4) is 11.5 Å². The SMILES string of the molecule is COc1cc(C(C)NCc2sccc2C)ccc1OCc1ccncc1. The fourth-order valence-electron chi connectivity index (χ4n) is 2.66. The Bertz CT molecular complexity index is 833. The van der Waals surface area contributed by atoms with Crippen LogP contribution in [-0.2, 0) is 13.2 Å². The monoisotopic (exact) mass is 368 g/mol. The normalized spacial score (nSPS) is 12.0. The van der Waals surface area contributed by atoms with E-state index < -0.39 is 0 Å². The molecule has 0 spiro atoms. The molecule has 1 N–H and O–H groups in total. The van der Waals surface area contributed by atoms with Gasteiger partial charge in [-0.1, -0.05) is 6.07 Å². The van der Waals surface area contributed by atoms with Crippen molar-refractivity contribution in [2.45, 2.75) is 33.0 Å². The lowest BCUT2D eigenvalue weighted by Crippen LogP contribution is -2.18. The number of nitrogens with one attached hydrogen (secondary N) is 1. The summed E-state index contributed by atoms with van der Waals surface area (Å²) in [7, 11) is 1.67. The lowest BCUT2D eigenvalue weighted by atomic mass is 10.1. The van der Waals surface area contributed by atoms with E-state index in [9.17, 15) is 0 Å². The van der Waals surface area contributed by atoms with E-state index in [-0.39, 0.29) is 6.04 Å². The summed E-state index contributed by atoms with van der Waals surface area (Å²) in [6, 6.07) is 12.4. The number of pyridine rings is 1. The summed E-state index contributed by atoms with van der Waals surface area (Å²) in [5.74, 6) is 1.49. The summed E-state index contributed by atoms with van der Waals surface area (Å²) in [5.41, 5.74) is 3.59. The highest BCUT2D eigenvalue weighted by Gasteiger charge is 2.11. The van der Waals surface area contributed by atoms with Gasteiger partial charge in [-0.05, 0) is 66.2 Å². The average Bonchev–Trinajstić information content (AvgIpc) is 3.10. The third-order valence-corrected chi connectivity index (χ3v) is 5.39. The van der Waals surface area contributed by atoms with Crippen LogP contribution in [0.5, 0.6) is 11.5 Å². The lowest BCUT2D eigenvalue weighted by molar-refractivity contribution is 0.284. The van der Waals surface area contributed by atoms with Crippen LogP contribution < -0.4 is 14.8 Å². The molecular weight excluding hydrogens is 344 g/mol. The van der Waals surface area contributed by atoms with E-state index in [1.807, 2.05) is 24.3 Å². The van der Waals surface area contributed by atoms with Crippen molar-refractivity contribution in [3.05, 3.63) is 75.7 Å². The van der Waals surface area contributed by atoms with Gasteiger partial charge in [0.25, 0.3) is 0 Å². The number of aryl methyl sites for hydroxylation is 1. The molecule has 3 aromatic rings. The maximum absolute atomic E-state index is 5.91. The van der Waals surface area contributed by atoms with Crippen molar-refractivity contribution in [2.75, 3.05) is 7.11 Å². The quantitative estimate of drug-likeness (QED) is 0.615. The molecule has 136 valence electrons. The molecule has 0 radical (unpaired) electrons. The Balaban J connectivity index is 1.64. The van der Waals surface area contributed by atoms with Crippen LogP contribution in [0.15, 0.2) is 54.2 Å². The molecule has 3 rings (SSSR count). The first kappa shape index (κ1) is 18.4. The van der Waals surface area contributed by atoms with Crippen molar-refractivity contribution in [3.63, 3.8) is 0 Å². The number of methoxy groups -OCH3 is 1. The van der Waals surface area contributed by atoms with Gasteiger partial charge < -0.3 is 14.8 Å². The van der Waals surface area contributed by atoms with Gasteiger partial charge in [-0.15, -0.1) is 11.3 Å². The molecule has 5 heteroatoms. The first-order valence-corrected chi connectivity index (χ1v) is 9.51. The fourth-order valence-corrected chi connectivity index (χ4v) is 3.52. The van der Waals surface area contributed by atoms with Gasteiger partial charge in [-0.2, -0.15) is 0 Å². The second-order valence-corrected chi connectivity index (χ2v) is 7.18. The molecule has 2 aromatic heterocycles. The summed E-state index contributed by atoms with van der Waals surface area (Å²) in [6.07, 6.45) is 3.53. The Hall–Kier alpha value is -2.37. The minimum atomic E-state index is 0.222. The number of ether oxygens (including phenoxy) is 2. The third-order valence-electron chi connectivity index (χ3n) is 4.37. The maximum atomic E-state index is 5.91. The van der Waals surface area contributed by atoms with Crippen LogP contribution in [0.3, 0.4) is 0 Å². The fraction of sp³-hybridized carbons (Fsp3) is 0.286. The highest BCUT2D eigenvalue weighted by atomic mass is 32.1. The van der Waals surface area contributed by atoms with Crippen LogP contribution in [0.2, 0.25) is 0 Å². The summed E-state index contributed by atoms with van der Waals surface area (Å²) in [5, 5.41) is 5.71. The number of rotatable bonds is 8. The molecule has 1 atom stereocenters. The number of aromatic nitrogens is 1. The Kier molecular flexibility index (Phi) is 6.26. The van der Waals surface area contributed by atoms with Gasteiger partial charge in [0.2, 0.25) is 0 Å². The molecule has 0 saturated heterocycles. The molecule has 0 fully saturated rings. The minimum Gasteiger partial charge on any atom is -0.493 e. The number of hydrogen-bond acceptors (Lipinski definition) is 5. The minimum absolute atomic E-state index is 0.222. The first-order valence-electron chi connectivity index (χ1n) is 8.63. The van der Waals surface area contributed by atoms with Crippen molar-refractivity contribution < 1.29 is 9.47 Å². The summed E-state index contributed by atoms with van der Waals surface area (Å²) < 4.78 is 11.4. The first-order chi connectivity index (χ1) is 12.7. The van der Waals surface area contributed by atoms with E-state index in [4.69, 9.17) is 9.47 Å². The highest BCUT2D eigenvalue weighted by molar-refractivity contribution is 7.10. The van der Waals surface area contributed by atoms with Crippen molar-refractivity contribution in [1.82, 2.24) is 10.3 Å². The van der Waals surface area contributed by atoms with Gasteiger partial charge >= 0.3 is 0 Å². The van der Waals surface area contributed by atoms with E-state index in [2.05, 4.69) is 41.7 Å². The molecule has 0 bridgehead atoms. The molecule has 2 heterocycles. The predicted molar refractivity (Wildman–Crippen MR) is 106 cm³/mol. The second-order valence-electron chi connectivity index (χ2n) is 6.18. The Morgan fingerprint density at radius 2 is 1.92 bits per heavy atom. The maximum Gasteiger partial charge on any atom is 0.161 e. The van der Waals surface area contributed by atoms with Crippen LogP contribution in [0.25, 0.3) is 0 Å². The lowest BCUT2D eigenvalue weighted by Gasteiger charge is -2.17. The smallest absolute Gasteiger partial charge is 0.161 e. The van der Waals surface area contributed by atoms with E-state index in [0.29, 0.717) is 6.61 Å². The van der Waals surface area contributed by atoms with Crippen molar-refractivity contribution >= 4 is 11.3 Å². The van der Waals surface area contributed by atoms with Gasteiger partial charge in [0.1, 0.15) is 6.61 Å². The molecule has 0 amide bonds. The zero-order valence-electron chi connectivity index (χ0n) is 15.4. The van der Waals surface area contributed by atoms with Crippen LogP contribution in [0.4, 0.5) is 0 Å². The zero-order valence-corrected chi connectivity index (χ0v) is 16.2. The standard InChI is InChI=1S/C21H24N2O2S/c1-15-8-11-26-21(15)13-23-16(2)18-4-5-19(20(12-18)24-3)25-14-17-6-9-22-10-7-17/h4-12,16,23H,13-14H2,1-3H3. The summed E-state index contributed by atoms with van der Waals surface area (Å²) in [6.45, 7) is 5.67. The number of benzene rings is 1. The highest BCUT2D eigenvalue weighted by Crippen LogP contribution is 2.31. The molecule has 0 aliphatic carbocycles. The van der Waals surface area contributed by atoms with Gasteiger partial charge in [-0.25, -0.2) is 0 Å². The Labute approximate surface area is 158 Å². The third kappa shape index (κ3) is 4.62. The van der Waals surface area contributed by atoms with E-state index in [1.54, 1.807) is 30.8 Å². The summed E-state index contributed by atoms with van der Waals surface area (Å²) >= 11 is 1.79. The second kappa shape index (κ2) is 8.83. The number of nitrogens with zero attached hydrogens (tertiary/aromatic N) is 1. The largest absolute Gasteiger partial charge is 0.493 e. The molecule has 0 aliphatic heterocycles. The number of thiophene rings is 1. The zero-order chi connectivity index (χ0) is 18.4. The molecular formula is C21H24N2O2S. The Morgan fingerprint density at radius 1 is 1.12 bits per heavy atom. The van der Waals surface area contributed by atoms with E-state index in [1.165, 1.54) is 16.0 Å². The van der Waals surface area contributed by atoms with Gasteiger partial charge in [0, 0.05) is 29.9 Å².